The van der Waals surface area contributed by atoms with E-state index in [4.69, 9.17) is 20.1 Å². The van der Waals surface area contributed by atoms with Crippen LogP contribution in [-0.2, 0) is 0 Å². The molecule has 7 heterocycles. The highest BCUT2D eigenvalue weighted by atomic mass is 32.1. The Labute approximate surface area is 280 Å². The highest BCUT2D eigenvalue weighted by Gasteiger charge is 2.31. The van der Waals surface area contributed by atoms with Crippen molar-refractivity contribution in [2.75, 3.05) is 0 Å². The molecular weight excluding hydrogens is 637 g/mol. The van der Waals surface area contributed by atoms with Crippen molar-refractivity contribution in [1.29, 1.82) is 0 Å². The van der Waals surface area contributed by atoms with Crippen LogP contribution < -0.4 is 0 Å². The fourth-order valence-electron chi connectivity index (χ4n) is 5.87. The van der Waals surface area contributed by atoms with E-state index in [2.05, 4.69) is 49.8 Å². The zero-order chi connectivity index (χ0) is 32.6. The SMILES string of the molecule is c1cnc(-c2c(-c3cnccn3)c(-c3ncncn3)c3c(-c4cc5ccccc5nn4)nncc3c2-c2nnccc2-c2ccsn2)nc1. The minimum Gasteiger partial charge on any atom is -0.261 e. The lowest BCUT2D eigenvalue weighted by molar-refractivity contribution is 1.02. The van der Waals surface area contributed by atoms with Crippen LogP contribution in [0.3, 0.4) is 0 Å². The van der Waals surface area contributed by atoms with E-state index in [1.54, 1.807) is 49.4 Å². The zero-order valence-electron chi connectivity index (χ0n) is 25.1. The molecule has 0 N–H and O–H groups in total. The first-order valence-electron chi connectivity index (χ1n) is 14.8. The van der Waals surface area contributed by atoms with Gasteiger partial charge in [0.2, 0.25) is 0 Å². The lowest BCUT2D eigenvalue weighted by atomic mass is 9.84. The Morgan fingerprint density at radius 1 is 0.531 bits per heavy atom. The lowest BCUT2D eigenvalue weighted by Crippen LogP contribution is -2.06. The van der Waals surface area contributed by atoms with Gasteiger partial charge in [-0.1, -0.05) is 18.2 Å². The van der Waals surface area contributed by atoms with Crippen molar-refractivity contribution in [3.63, 3.8) is 0 Å². The Balaban J connectivity index is 1.54. The first-order chi connectivity index (χ1) is 24.3. The minimum absolute atomic E-state index is 0.353. The van der Waals surface area contributed by atoms with E-state index in [0.29, 0.717) is 67.5 Å². The second-order valence-corrected chi connectivity index (χ2v) is 11.2. The van der Waals surface area contributed by atoms with E-state index in [9.17, 15) is 0 Å². The molecule has 0 amide bonds. The van der Waals surface area contributed by atoms with Crippen molar-refractivity contribution in [1.82, 2.24) is 69.9 Å². The molecule has 14 nitrogen and oxygen atoms in total. The fraction of sp³-hybridized carbons (Fsp3) is 0. The third-order valence-electron chi connectivity index (χ3n) is 7.85. The van der Waals surface area contributed by atoms with Gasteiger partial charge in [0.25, 0.3) is 0 Å². The van der Waals surface area contributed by atoms with Crippen molar-refractivity contribution in [2.24, 2.45) is 0 Å². The molecule has 0 unspecified atom stereocenters. The third kappa shape index (κ3) is 4.88. The Kier molecular flexibility index (Phi) is 6.90. The molecule has 0 saturated heterocycles. The Morgan fingerprint density at radius 3 is 2.22 bits per heavy atom. The van der Waals surface area contributed by atoms with Crippen LogP contribution in [0.25, 0.3) is 89.6 Å². The van der Waals surface area contributed by atoms with Gasteiger partial charge in [0.05, 0.1) is 35.5 Å². The number of hydrogen-bond donors (Lipinski definition) is 0. The number of hydrogen-bond acceptors (Lipinski definition) is 15. The second-order valence-electron chi connectivity index (χ2n) is 10.6. The van der Waals surface area contributed by atoms with Crippen LogP contribution >= 0.6 is 11.5 Å². The maximum absolute atomic E-state index is 4.78. The summed E-state index contributed by atoms with van der Waals surface area (Å²) in [4.78, 5) is 32.1. The van der Waals surface area contributed by atoms with Gasteiger partial charge >= 0.3 is 0 Å². The van der Waals surface area contributed by atoms with E-state index in [1.165, 1.54) is 24.2 Å². The molecule has 0 fully saturated rings. The highest BCUT2D eigenvalue weighted by molar-refractivity contribution is 7.03. The van der Waals surface area contributed by atoms with Crippen LogP contribution in [0.2, 0.25) is 0 Å². The molecule has 15 heteroatoms. The Bertz CT molecular complexity index is 2610. The highest BCUT2D eigenvalue weighted by Crippen LogP contribution is 2.51. The second kappa shape index (κ2) is 12.0. The van der Waals surface area contributed by atoms with E-state index < -0.39 is 0 Å². The van der Waals surface area contributed by atoms with Crippen LogP contribution in [-0.4, -0.2) is 69.9 Å². The number of benzene rings is 2. The molecular formula is C34H18N14S. The molecule has 2 aromatic carbocycles. The number of nitrogens with zero attached hydrogens (tertiary/aromatic N) is 14. The average molecular weight is 655 g/mol. The van der Waals surface area contributed by atoms with Crippen molar-refractivity contribution in [3.8, 4) is 67.9 Å². The van der Waals surface area contributed by atoms with E-state index >= 15 is 0 Å². The summed E-state index contributed by atoms with van der Waals surface area (Å²) in [5.41, 5.74) is 6.56. The topological polar surface area (TPSA) is 180 Å². The number of fused-ring (bicyclic) bond motifs is 2. The van der Waals surface area contributed by atoms with E-state index in [-0.39, 0.29) is 0 Å². The fourth-order valence-corrected chi connectivity index (χ4v) is 6.39. The van der Waals surface area contributed by atoms with Gasteiger partial charge in [0.15, 0.2) is 11.6 Å². The van der Waals surface area contributed by atoms with Crippen molar-refractivity contribution in [3.05, 3.63) is 110 Å². The molecule has 0 aliphatic carbocycles. The van der Waals surface area contributed by atoms with E-state index in [1.807, 2.05) is 47.8 Å². The standard InChI is InChI=1S/C34H18N14S/c1-2-5-22-19(4-1)14-24(45-44-22)32-27-21(15-43-47-32)26(31-20(6-10-42-46-31)23-7-13-49-48-23)29(33-38-8-3-9-39-33)28(25-16-35-11-12-37-25)30(27)34-40-17-36-18-41-34/h1-18H. The molecule has 0 saturated carbocycles. The van der Waals surface area contributed by atoms with Crippen molar-refractivity contribution >= 4 is 33.2 Å². The van der Waals surface area contributed by atoms with Gasteiger partial charge in [0.1, 0.15) is 29.7 Å². The summed E-state index contributed by atoms with van der Waals surface area (Å²) in [6, 6.07) is 15.2. The molecule has 9 aromatic rings. The molecule has 9 rings (SSSR count). The normalized spacial score (nSPS) is 11.3. The largest absolute Gasteiger partial charge is 0.261 e. The van der Waals surface area contributed by atoms with Crippen LogP contribution in [0.4, 0.5) is 0 Å². The van der Waals surface area contributed by atoms with Crippen LogP contribution in [0.1, 0.15) is 0 Å². The molecule has 7 aromatic heterocycles. The average Bonchev–Trinajstić information content (AvgIpc) is 3.73. The molecule has 0 spiro atoms. The summed E-state index contributed by atoms with van der Waals surface area (Å²) in [7, 11) is 0. The molecule has 0 radical (unpaired) electrons. The lowest BCUT2D eigenvalue weighted by Gasteiger charge is -2.22. The maximum atomic E-state index is 4.78. The summed E-state index contributed by atoms with van der Waals surface area (Å²) >= 11 is 1.34. The van der Waals surface area contributed by atoms with Gasteiger partial charge in [0, 0.05) is 74.1 Å². The summed E-state index contributed by atoms with van der Waals surface area (Å²) < 4.78 is 4.64. The quantitative estimate of drug-likeness (QED) is 0.216. The van der Waals surface area contributed by atoms with Crippen molar-refractivity contribution < 1.29 is 0 Å². The summed E-state index contributed by atoms with van der Waals surface area (Å²) in [5, 5.41) is 31.4. The van der Waals surface area contributed by atoms with Crippen LogP contribution in [0.5, 0.6) is 0 Å². The third-order valence-corrected chi connectivity index (χ3v) is 8.41. The first kappa shape index (κ1) is 28.2. The molecule has 0 aliphatic heterocycles. The maximum Gasteiger partial charge on any atom is 0.164 e. The minimum atomic E-state index is 0.353. The number of aromatic nitrogens is 14. The van der Waals surface area contributed by atoms with Crippen LogP contribution in [0, 0.1) is 0 Å². The first-order valence-corrected chi connectivity index (χ1v) is 15.7. The molecule has 49 heavy (non-hydrogen) atoms. The summed E-state index contributed by atoms with van der Waals surface area (Å²) in [6.45, 7) is 0. The van der Waals surface area contributed by atoms with Crippen LogP contribution in [0.15, 0.2) is 110 Å². The smallest absolute Gasteiger partial charge is 0.164 e. The van der Waals surface area contributed by atoms with Gasteiger partial charge in [-0.15, -0.1) is 20.4 Å². The zero-order valence-corrected chi connectivity index (χ0v) is 25.9. The van der Waals surface area contributed by atoms with Gasteiger partial charge in [-0.2, -0.15) is 14.6 Å². The predicted molar refractivity (Wildman–Crippen MR) is 181 cm³/mol. The Morgan fingerprint density at radius 2 is 1.39 bits per heavy atom. The monoisotopic (exact) mass is 654 g/mol. The van der Waals surface area contributed by atoms with Crippen molar-refractivity contribution in [2.45, 2.75) is 0 Å². The summed E-state index contributed by atoms with van der Waals surface area (Å²) in [5.74, 6) is 0.750. The van der Waals surface area contributed by atoms with Gasteiger partial charge in [-0.25, -0.2) is 24.9 Å². The van der Waals surface area contributed by atoms with E-state index in [0.717, 1.165) is 22.2 Å². The molecule has 0 atom stereocenters. The van der Waals surface area contributed by atoms with Gasteiger partial charge in [-0.05, 0) is 41.9 Å². The van der Waals surface area contributed by atoms with Gasteiger partial charge in [-0.3, -0.25) is 9.97 Å². The Hall–Kier alpha value is -7.00. The molecule has 0 aliphatic rings. The van der Waals surface area contributed by atoms with Gasteiger partial charge < -0.3 is 0 Å². The molecule has 0 bridgehead atoms. The molecule has 230 valence electrons. The summed E-state index contributed by atoms with van der Waals surface area (Å²) in [6.07, 6.45) is 14.5. The number of rotatable bonds is 6. The predicted octanol–water partition coefficient (Wildman–Crippen LogP) is 5.59.